The molecule has 0 amide bonds. The van der Waals surface area contributed by atoms with Gasteiger partial charge in [-0.3, -0.25) is 29.6 Å². The summed E-state index contributed by atoms with van der Waals surface area (Å²) in [5.74, 6) is 0. The van der Waals surface area contributed by atoms with Crippen LogP contribution in [0.4, 0.5) is 0 Å². The Bertz CT molecular complexity index is 171. The van der Waals surface area contributed by atoms with Gasteiger partial charge in [0, 0.05) is 0 Å². The zero-order chi connectivity index (χ0) is 5.98. The Morgan fingerprint density at radius 1 is 1.10 bits per heavy atom. The van der Waals surface area contributed by atoms with Crippen LogP contribution in [0.5, 0.6) is 0 Å². The molecule has 1 nitrogen and oxygen atoms in total. The van der Waals surface area contributed by atoms with Gasteiger partial charge in [-0.15, -0.1) is 0 Å². The van der Waals surface area contributed by atoms with E-state index in [9.17, 15) is 0 Å². The predicted octanol–water partition coefficient (Wildman–Crippen LogP) is -4.69. The molecule has 3 heteroatoms. The fourth-order valence-corrected chi connectivity index (χ4v) is 0.594. The Morgan fingerprint density at radius 3 is 1.70 bits per heavy atom. The zero-order valence-corrected chi connectivity index (χ0v) is 16.9. The average Bonchev–Trinajstić information content (AvgIpc) is 1.64. The summed E-state index contributed by atoms with van der Waals surface area (Å²) in [6.45, 7) is 3.93. The molecule has 0 N–H and O–H groups in total. The maximum atomic E-state index is 3.73. The monoisotopic (exact) mass is 275 g/mol. The third kappa shape index (κ3) is 6.30. The standard InChI is InChI=1S/C7H7N.2Rb/c1-6-3-7(2)5-8-4-6;;/h3H,1-2H3;;/q-2;2*+1. The van der Waals surface area contributed by atoms with Gasteiger partial charge in [-0.1, -0.05) is 13.8 Å². The Balaban J connectivity index is 0. The van der Waals surface area contributed by atoms with Crippen molar-refractivity contribution >= 4 is 0 Å². The van der Waals surface area contributed by atoms with Gasteiger partial charge in [-0.05, 0) is 0 Å². The van der Waals surface area contributed by atoms with Crippen molar-refractivity contribution in [3.05, 3.63) is 29.6 Å². The number of rotatable bonds is 0. The van der Waals surface area contributed by atoms with Crippen LogP contribution in [-0.4, -0.2) is 4.98 Å². The predicted molar refractivity (Wildman–Crippen MR) is 31.4 cm³/mol. The van der Waals surface area contributed by atoms with E-state index in [1.165, 1.54) is 0 Å². The molecular weight excluding hydrogens is 269 g/mol. The van der Waals surface area contributed by atoms with E-state index >= 15 is 0 Å². The first kappa shape index (κ1) is 15.2. The second-order valence-electron chi connectivity index (χ2n) is 1.85. The van der Waals surface area contributed by atoms with Gasteiger partial charge < -0.3 is 4.98 Å². The molecular formula is C7H7NRb2. The minimum atomic E-state index is 0. The molecule has 10 heavy (non-hydrogen) atoms. The molecule has 1 heterocycles. The van der Waals surface area contributed by atoms with E-state index in [2.05, 4.69) is 17.4 Å². The summed E-state index contributed by atoms with van der Waals surface area (Å²) in [6, 6.07) is 1.99. The van der Waals surface area contributed by atoms with Gasteiger partial charge >= 0.3 is 116 Å². The van der Waals surface area contributed by atoms with Crippen molar-refractivity contribution in [3.8, 4) is 0 Å². The topological polar surface area (TPSA) is 12.9 Å². The molecule has 0 aliphatic rings. The van der Waals surface area contributed by atoms with E-state index in [-0.39, 0.29) is 116 Å². The van der Waals surface area contributed by atoms with E-state index in [4.69, 9.17) is 0 Å². The van der Waals surface area contributed by atoms with Crippen molar-refractivity contribution in [1.82, 2.24) is 4.98 Å². The van der Waals surface area contributed by atoms with Crippen molar-refractivity contribution in [2.24, 2.45) is 0 Å². The number of aromatic nitrogens is 1. The van der Waals surface area contributed by atoms with E-state index in [1.54, 1.807) is 0 Å². The van der Waals surface area contributed by atoms with Crippen molar-refractivity contribution in [2.45, 2.75) is 13.8 Å². The molecule has 0 radical (unpaired) electrons. The summed E-state index contributed by atoms with van der Waals surface area (Å²) >= 11 is 0. The average molecular weight is 276 g/mol. The zero-order valence-electron chi connectivity index (χ0n) is 7.02. The van der Waals surface area contributed by atoms with E-state index in [0.29, 0.717) is 0 Å². The van der Waals surface area contributed by atoms with Crippen LogP contribution in [-0.2, 0) is 0 Å². The second kappa shape index (κ2) is 8.36. The summed E-state index contributed by atoms with van der Waals surface area (Å²) in [5.41, 5.74) is 2.14. The molecule has 0 atom stereocenters. The Labute approximate surface area is 160 Å². The number of nitrogens with zero attached hydrogens (tertiary/aromatic N) is 1. The van der Waals surface area contributed by atoms with Crippen LogP contribution >= 0.6 is 0 Å². The fourth-order valence-electron chi connectivity index (χ4n) is 0.594. The Morgan fingerprint density at radius 2 is 1.50 bits per heavy atom. The van der Waals surface area contributed by atoms with Crippen molar-refractivity contribution in [3.63, 3.8) is 0 Å². The molecule has 0 aliphatic carbocycles. The molecule has 0 bridgehead atoms. The smallest absolute Gasteiger partial charge is 0.543 e. The maximum Gasteiger partial charge on any atom is 1.00 e. The van der Waals surface area contributed by atoms with E-state index < -0.39 is 0 Å². The second-order valence-corrected chi connectivity index (χ2v) is 1.85. The van der Waals surface area contributed by atoms with Gasteiger partial charge in [0.1, 0.15) is 0 Å². The largest absolute Gasteiger partial charge is 1.00 e. The van der Waals surface area contributed by atoms with Gasteiger partial charge in [0.25, 0.3) is 0 Å². The Kier molecular flexibility index (Phi) is 12.7. The van der Waals surface area contributed by atoms with Crippen LogP contribution in [0.15, 0.2) is 6.07 Å². The van der Waals surface area contributed by atoms with Crippen LogP contribution in [0.1, 0.15) is 11.1 Å². The maximum absolute atomic E-state index is 3.73. The van der Waals surface area contributed by atoms with Crippen molar-refractivity contribution in [2.75, 3.05) is 0 Å². The third-order valence-electron chi connectivity index (χ3n) is 0.898. The summed E-state index contributed by atoms with van der Waals surface area (Å²) < 4.78 is 0. The Hall–Kier alpha value is 2.76. The first-order valence-electron chi connectivity index (χ1n) is 2.52. The summed E-state index contributed by atoms with van der Waals surface area (Å²) in [5, 5.41) is 0. The fraction of sp³-hybridized carbons (Fsp3) is 0.286. The number of hydrogen-bond acceptors (Lipinski definition) is 1. The number of hydrogen-bond donors (Lipinski definition) is 0. The molecule has 0 aliphatic heterocycles. The summed E-state index contributed by atoms with van der Waals surface area (Å²) in [4.78, 5) is 3.73. The van der Waals surface area contributed by atoms with E-state index in [1.807, 2.05) is 19.9 Å². The van der Waals surface area contributed by atoms with Gasteiger partial charge in [0.05, 0.1) is 0 Å². The summed E-state index contributed by atoms with van der Waals surface area (Å²) in [6.07, 6.45) is 5.53. The third-order valence-corrected chi connectivity index (χ3v) is 0.898. The normalized spacial score (nSPS) is 7.40. The molecule has 0 spiro atoms. The first-order chi connectivity index (χ1) is 3.79. The van der Waals surface area contributed by atoms with Crippen molar-refractivity contribution in [1.29, 1.82) is 0 Å². The van der Waals surface area contributed by atoms with E-state index in [0.717, 1.165) is 11.1 Å². The van der Waals surface area contributed by atoms with Crippen LogP contribution in [0.25, 0.3) is 0 Å². The van der Waals surface area contributed by atoms with Gasteiger partial charge in [0.15, 0.2) is 0 Å². The molecule has 1 aromatic heterocycles. The van der Waals surface area contributed by atoms with Crippen LogP contribution < -0.4 is 116 Å². The molecule has 42 valence electrons. The number of pyridine rings is 1. The first-order valence-corrected chi connectivity index (χ1v) is 2.52. The van der Waals surface area contributed by atoms with Crippen LogP contribution in [0.2, 0.25) is 0 Å². The molecule has 1 aromatic rings. The van der Waals surface area contributed by atoms with Gasteiger partial charge in [-0.25, -0.2) is 0 Å². The quantitative estimate of drug-likeness (QED) is 0.434. The van der Waals surface area contributed by atoms with Crippen molar-refractivity contribution < 1.29 is 116 Å². The van der Waals surface area contributed by atoms with Gasteiger partial charge in [0.2, 0.25) is 0 Å². The molecule has 0 fully saturated rings. The molecule has 0 unspecified atom stereocenters. The van der Waals surface area contributed by atoms with Crippen LogP contribution in [0, 0.1) is 26.2 Å². The number of aryl methyl sites for hydroxylation is 2. The molecule has 1 rings (SSSR count). The molecule has 0 aromatic carbocycles. The SMILES string of the molecule is Cc1[c-]n[c-]c(C)c1.[Rb+].[Rb+]. The minimum Gasteiger partial charge on any atom is -0.543 e. The molecule has 0 saturated heterocycles. The van der Waals surface area contributed by atoms with Gasteiger partial charge in [-0.2, -0.15) is 0 Å². The minimum absolute atomic E-state index is 0. The summed E-state index contributed by atoms with van der Waals surface area (Å²) in [7, 11) is 0. The van der Waals surface area contributed by atoms with Crippen LogP contribution in [0.3, 0.4) is 0 Å². The molecule has 0 saturated carbocycles.